The van der Waals surface area contributed by atoms with Crippen molar-refractivity contribution in [3.8, 4) is 5.75 Å². The van der Waals surface area contributed by atoms with Gasteiger partial charge in [0.2, 0.25) is 0 Å². The van der Waals surface area contributed by atoms with Crippen molar-refractivity contribution < 1.29 is 23.4 Å². The number of aliphatic hydroxyl groups is 1. The summed E-state index contributed by atoms with van der Waals surface area (Å²) in [6.45, 7) is 5.89. The second kappa shape index (κ2) is 8.20. The highest BCUT2D eigenvalue weighted by Crippen LogP contribution is 2.35. The number of benzene rings is 1. The molecule has 1 aromatic carbocycles. The monoisotopic (exact) mass is 386 g/mol. The van der Waals surface area contributed by atoms with Crippen LogP contribution in [0.2, 0.25) is 0 Å². The number of furan rings is 1. The van der Waals surface area contributed by atoms with Gasteiger partial charge in [0.1, 0.15) is 23.5 Å². The van der Waals surface area contributed by atoms with E-state index in [1.165, 1.54) is 6.07 Å². The Kier molecular flexibility index (Phi) is 5.91. The van der Waals surface area contributed by atoms with E-state index in [1.54, 1.807) is 39.4 Å². The molecule has 0 aliphatic heterocycles. The molecule has 0 saturated carbocycles. The van der Waals surface area contributed by atoms with Crippen LogP contribution in [-0.2, 0) is 4.74 Å². The second-order valence-corrected chi connectivity index (χ2v) is 7.48. The Morgan fingerprint density at radius 1 is 1.25 bits per heavy atom. The van der Waals surface area contributed by atoms with Crippen molar-refractivity contribution >= 4 is 21.9 Å². The van der Waals surface area contributed by atoms with E-state index in [0.29, 0.717) is 29.9 Å². The van der Waals surface area contributed by atoms with Crippen molar-refractivity contribution in [2.24, 2.45) is 0 Å². The van der Waals surface area contributed by atoms with Gasteiger partial charge in [0, 0.05) is 19.2 Å². The average Bonchev–Trinajstić information content (AvgIpc) is 3.08. The van der Waals surface area contributed by atoms with Gasteiger partial charge in [0.15, 0.2) is 0 Å². The van der Waals surface area contributed by atoms with E-state index < -0.39 is 11.2 Å². The largest absolute Gasteiger partial charge is 0.488 e. The molecule has 3 rings (SSSR count). The van der Waals surface area contributed by atoms with E-state index in [9.17, 15) is 9.90 Å². The Balaban J connectivity index is 1.75. The molecule has 0 aliphatic carbocycles. The Bertz CT molecular complexity index is 1030. The third-order valence-corrected chi connectivity index (χ3v) is 4.84. The maximum absolute atomic E-state index is 11.5. The standard InChI is InChI=1S/C22H26O6/c1-14(5-7-19(25-4)22(2,3)24)9-11-27-21-15-6-8-20(23)28-18(15)13-17-16(21)10-12-26-17/h6,8-10,12-13,19,24H,5,7,11H2,1-4H3/b14-9+/t19-/m1/s1. The predicted molar refractivity (Wildman–Crippen MR) is 108 cm³/mol. The molecule has 0 bridgehead atoms. The minimum Gasteiger partial charge on any atom is -0.488 e. The molecule has 1 atom stereocenters. The summed E-state index contributed by atoms with van der Waals surface area (Å²) in [5, 5.41) is 11.7. The van der Waals surface area contributed by atoms with E-state index in [1.807, 2.05) is 19.1 Å². The molecule has 3 aromatic rings. The van der Waals surface area contributed by atoms with Crippen molar-refractivity contribution in [2.75, 3.05) is 13.7 Å². The first-order chi connectivity index (χ1) is 13.3. The lowest BCUT2D eigenvalue weighted by atomic mass is 9.95. The van der Waals surface area contributed by atoms with Crippen LogP contribution < -0.4 is 10.4 Å². The van der Waals surface area contributed by atoms with Crippen LogP contribution in [0.1, 0.15) is 33.6 Å². The molecular formula is C22H26O6. The van der Waals surface area contributed by atoms with E-state index >= 15 is 0 Å². The van der Waals surface area contributed by atoms with Gasteiger partial charge in [-0.1, -0.05) is 5.57 Å². The molecule has 0 fully saturated rings. The van der Waals surface area contributed by atoms with Gasteiger partial charge in [-0.3, -0.25) is 0 Å². The van der Waals surface area contributed by atoms with Crippen molar-refractivity contribution in [3.63, 3.8) is 0 Å². The van der Waals surface area contributed by atoms with Crippen molar-refractivity contribution in [3.05, 3.63) is 52.6 Å². The van der Waals surface area contributed by atoms with Gasteiger partial charge >= 0.3 is 5.63 Å². The summed E-state index contributed by atoms with van der Waals surface area (Å²) in [6, 6.07) is 6.61. The zero-order chi connectivity index (χ0) is 20.3. The first kappa shape index (κ1) is 20.2. The summed E-state index contributed by atoms with van der Waals surface area (Å²) in [5.74, 6) is 0.625. The maximum atomic E-state index is 11.5. The third-order valence-electron chi connectivity index (χ3n) is 4.84. The number of hydrogen-bond donors (Lipinski definition) is 1. The van der Waals surface area contributed by atoms with E-state index in [2.05, 4.69) is 0 Å². The minimum absolute atomic E-state index is 0.233. The van der Waals surface area contributed by atoms with Crippen LogP contribution in [0.5, 0.6) is 5.75 Å². The van der Waals surface area contributed by atoms with Gasteiger partial charge in [0.05, 0.1) is 28.7 Å². The highest BCUT2D eigenvalue weighted by atomic mass is 16.5. The molecule has 6 heteroatoms. The molecule has 0 saturated heterocycles. The highest BCUT2D eigenvalue weighted by molar-refractivity contribution is 6.01. The Morgan fingerprint density at radius 2 is 2.00 bits per heavy atom. The number of ether oxygens (including phenoxy) is 2. The summed E-state index contributed by atoms with van der Waals surface area (Å²) < 4.78 is 22.1. The quantitative estimate of drug-likeness (QED) is 0.456. The number of methoxy groups -OCH3 is 1. The molecule has 0 aliphatic rings. The Morgan fingerprint density at radius 3 is 2.71 bits per heavy atom. The molecule has 0 amide bonds. The number of rotatable bonds is 8. The molecule has 28 heavy (non-hydrogen) atoms. The van der Waals surface area contributed by atoms with Crippen molar-refractivity contribution in [1.82, 2.24) is 0 Å². The lowest BCUT2D eigenvalue weighted by Crippen LogP contribution is -2.37. The molecule has 0 radical (unpaired) electrons. The lowest BCUT2D eigenvalue weighted by Gasteiger charge is -2.28. The average molecular weight is 386 g/mol. The first-order valence-corrected chi connectivity index (χ1v) is 9.27. The van der Waals surface area contributed by atoms with Crippen molar-refractivity contribution in [2.45, 2.75) is 45.3 Å². The van der Waals surface area contributed by atoms with Gasteiger partial charge in [-0.2, -0.15) is 0 Å². The molecule has 6 nitrogen and oxygen atoms in total. The molecule has 2 heterocycles. The SMILES string of the molecule is CO[C@H](CC/C(C)=C/COc1c2ccoc2cc2oc(=O)ccc12)C(C)(C)O. The summed E-state index contributed by atoms with van der Waals surface area (Å²) >= 11 is 0. The van der Waals surface area contributed by atoms with E-state index in [-0.39, 0.29) is 6.10 Å². The molecule has 2 aromatic heterocycles. The first-order valence-electron chi connectivity index (χ1n) is 9.27. The molecule has 0 unspecified atom stereocenters. The van der Waals surface area contributed by atoms with Crippen LogP contribution in [0.15, 0.2) is 55.8 Å². The van der Waals surface area contributed by atoms with Gasteiger partial charge in [0.25, 0.3) is 0 Å². The van der Waals surface area contributed by atoms with Crippen LogP contribution in [0.3, 0.4) is 0 Å². The number of fused-ring (bicyclic) bond motifs is 2. The van der Waals surface area contributed by atoms with E-state index in [4.69, 9.17) is 18.3 Å². The topological polar surface area (TPSA) is 82.0 Å². The molecule has 150 valence electrons. The van der Waals surface area contributed by atoms with Gasteiger partial charge in [-0.15, -0.1) is 0 Å². The molecular weight excluding hydrogens is 360 g/mol. The van der Waals surface area contributed by atoms with Crippen LogP contribution in [-0.4, -0.2) is 30.5 Å². The summed E-state index contributed by atoms with van der Waals surface area (Å²) in [5.41, 5.74) is 0.871. The summed E-state index contributed by atoms with van der Waals surface area (Å²) in [7, 11) is 1.61. The second-order valence-electron chi connectivity index (χ2n) is 7.48. The zero-order valence-corrected chi connectivity index (χ0v) is 16.7. The third kappa shape index (κ3) is 4.46. The predicted octanol–water partition coefficient (Wildman–Crippen LogP) is 4.43. The highest BCUT2D eigenvalue weighted by Gasteiger charge is 2.26. The molecule has 0 spiro atoms. The van der Waals surface area contributed by atoms with Gasteiger partial charge < -0.3 is 23.4 Å². The number of hydrogen-bond acceptors (Lipinski definition) is 6. The Hall–Kier alpha value is -2.57. The fourth-order valence-corrected chi connectivity index (χ4v) is 3.25. The maximum Gasteiger partial charge on any atom is 0.336 e. The van der Waals surface area contributed by atoms with Crippen LogP contribution in [0, 0.1) is 0 Å². The normalized spacial score (nSPS) is 14.0. The minimum atomic E-state index is -0.884. The smallest absolute Gasteiger partial charge is 0.336 e. The van der Waals surface area contributed by atoms with Crippen molar-refractivity contribution in [1.29, 1.82) is 0 Å². The van der Waals surface area contributed by atoms with Gasteiger partial charge in [-0.05, 0) is 51.8 Å². The zero-order valence-electron chi connectivity index (χ0n) is 16.7. The molecule has 1 N–H and O–H groups in total. The Labute approximate surface area is 163 Å². The van der Waals surface area contributed by atoms with Gasteiger partial charge in [-0.25, -0.2) is 4.79 Å². The lowest BCUT2D eigenvalue weighted by molar-refractivity contribution is -0.0728. The summed E-state index contributed by atoms with van der Waals surface area (Å²) in [4.78, 5) is 11.5. The van der Waals surface area contributed by atoms with Crippen LogP contribution >= 0.6 is 0 Å². The van der Waals surface area contributed by atoms with E-state index in [0.717, 1.165) is 22.8 Å². The fraction of sp³-hybridized carbons (Fsp3) is 0.409. The van der Waals surface area contributed by atoms with Crippen LogP contribution in [0.4, 0.5) is 0 Å². The number of allylic oxidation sites excluding steroid dienone is 1. The van der Waals surface area contributed by atoms with Crippen LogP contribution in [0.25, 0.3) is 21.9 Å². The summed E-state index contributed by atoms with van der Waals surface area (Å²) in [6.07, 6.45) is 4.85. The fourth-order valence-electron chi connectivity index (χ4n) is 3.25.